The van der Waals surface area contributed by atoms with Gasteiger partial charge in [0.2, 0.25) is 0 Å². The number of hydrogen-bond donors (Lipinski definition) is 5. The molecule has 0 aromatic heterocycles. The third-order valence-corrected chi connectivity index (χ3v) is 17.6. The van der Waals surface area contributed by atoms with Gasteiger partial charge >= 0.3 is 5.97 Å². The van der Waals surface area contributed by atoms with Gasteiger partial charge in [0.15, 0.2) is 0 Å². The normalized spacial score (nSPS) is 18.3. The van der Waals surface area contributed by atoms with Crippen LogP contribution in [0.4, 0.5) is 5.69 Å². The van der Waals surface area contributed by atoms with Crippen LogP contribution in [0.5, 0.6) is 0 Å². The van der Waals surface area contributed by atoms with Crippen molar-refractivity contribution in [2.75, 3.05) is 30.9 Å². The molecule has 22 nitrogen and oxygen atoms in total. The Morgan fingerprint density at radius 3 is 1.85 bits per heavy atom. The molecule has 1 fully saturated rings. The van der Waals surface area contributed by atoms with Crippen LogP contribution >= 0.6 is 0 Å². The van der Waals surface area contributed by atoms with E-state index in [0.29, 0.717) is 58.1 Å². The zero-order chi connectivity index (χ0) is 55.1. The van der Waals surface area contributed by atoms with E-state index in [2.05, 4.69) is 6.58 Å². The van der Waals surface area contributed by atoms with Crippen LogP contribution in [0.2, 0.25) is 0 Å². The lowest BCUT2D eigenvalue weighted by Crippen LogP contribution is -2.32. The molecular weight excluding hydrogens is 1070 g/mol. The summed E-state index contributed by atoms with van der Waals surface area (Å²) in [5.41, 5.74) is -0.582. The van der Waals surface area contributed by atoms with Crippen molar-refractivity contribution in [2.24, 2.45) is 0 Å². The van der Waals surface area contributed by atoms with Crippen molar-refractivity contribution >= 4 is 95.6 Å². The molecule has 2 heterocycles. The average molecular weight is 1130 g/mol. The Morgan fingerprint density at radius 2 is 1.31 bits per heavy atom. The van der Waals surface area contributed by atoms with E-state index in [1.54, 1.807) is 50.0 Å². The monoisotopic (exact) mass is 1130 g/mol. The third-order valence-electron chi connectivity index (χ3n) is 13.3. The van der Waals surface area contributed by atoms with Crippen LogP contribution in [0, 0.1) is 6.92 Å². The Kier molecular flexibility index (Phi) is 16.6. The molecule has 1 saturated heterocycles. The molecule has 0 spiro atoms. The number of ether oxygens (including phenoxy) is 1. The molecule has 2 atom stereocenters. The molecule has 0 aliphatic carbocycles. The van der Waals surface area contributed by atoms with Gasteiger partial charge in [-0.3, -0.25) is 32.4 Å². The summed E-state index contributed by atoms with van der Waals surface area (Å²) in [4.78, 5) is 40.0. The zero-order valence-electron chi connectivity index (χ0n) is 40.3. The first-order valence-corrected chi connectivity index (χ1v) is 30.0. The van der Waals surface area contributed by atoms with Crippen LogP contribution in [0.3, 0.4) is 0 Å². The predicted octanol–water partition coefficient (Wildman–Crippen LogP) is 6.19. The van der Waals surface area contributed by atoms with Crippen molar-refractivity contribution in [3.05, 3.63) is 101 Å². The van der Waals surface area contributed by atoms with Gasteiger partial charge in [-0.25, -0.2) is 4.79 Å². The molecule has 27 heteroatoms. The summed E-state index contributed by atoms with van der Waals surface area (Å²) in [5, 5.41) is 0.113. The number of amides is 2. The number of carbonyl (C=O) groups is 3. The molecule has 5 N–H and O–H groups in total. The van der Waals surface area contributed by atoms with Crippen molar-refractivity contribution in [2.45, 2.75) is 109 Å². The molecule has 4 aromatic carbocycles. The Bertz CT molecular complexity index is 3630. The minimum absolute atomic E-state index is 0.0229. The summed E-state index contributed by atoms with van der Waals surface area (Å²) < 4.78 is 182. The van der Waals surface area contributed by atoms with E-state index in [4.69, 9.17) is 9.57 Å². The molecule has 0 bridgehead atoms. The number of hydroxylamine groups is 2. The standard InChI is InChI=1S/C47H54N2O20S5/c1-29-14-15-33-35(25-31(71(56,57)58)27-38(33)73(62,63)64)44(29)46(3,21-23-68-5)30(2)11-9-12-40-47(4,20-10-24-70(53,54)55)45-36-26-32(72(59,60)61)28-39(74(65,66)67)34(36)16-17-37(45)48(40)22-8-6-7-13-43(52)69-49-41(50)18-19-42(49)51/h9,11-12,14-17,25-28H,2,6-8,10,13,18-24H2,1,3-5H3,(H,53,54,55)(H,56,57,58)(H,59,60,61)(H,62,63,64)(H,65,66,67)/b11-9+,40-12+. The lowest BCUT2D eigenvalue weighted by molar-refractivity contribution is -0.197. The maximum absolute atomic E-state index is 12.8. The largest absolute Gasteiger partial charge is 0.385 e. The van der Waals surface area contributed by atoms with Crippen molar-refractivity contribution in [1.29, 1.82) is 0 Å². The average Bonchev–Trinajstić information content (AvgIpc) is 3.72. The molecular formula is C47H54N2O20S5. The smallest absolute Gasteiger partial charge is 0.333 e. The number of benzene rings is 4. The van der Waals surface area contributed by atoms with Crippen LogP contribution in [-0.2, 0) is 85.4 Å². The van der Waals surface area contributed by atoms with Crippen LogP contribution in [0.1, 0.15) is 88.3 Å². The van der Waals surface area contributed by atoms with Gasteiger partial charge in [0.1, 0.15) is 9.79 Å². The van der Waals surface area contributed by atoms with Crippen molar-refractivity contribution in [3.63, 3.8) is 0 Å². The van der Waals surface area contributed by atoms with E-state index in [0.717, 1.165) is 12.1 Å². The molecule has 2 amide bonds. The van der Waals surface area contributed by atoms with Gasteiger partial charge in [-0.1, -0.05) is 50.3 Å². The highest BCUT2D eigenvalue weighted by molar-refractivity contribution is 7.87. The molecule has 2 aliphatic rings. The molecule has 4 aromatic rings. The van der Waals surface area contributed by atoms with E-state index >= 15 is 0 Å². The number of carbonyl (C=O) groups excluding carboxylic acids is 3. The molecule has 402 valence electrons. The number of hydrogen-bond acceptors (Lipinski definition) is 16. The van der Waals surface area contributed by atoms with E-state index in [1.165, 1.54) is 25.3 Å². The highest BCUT2D eigenvalue weighted by atomic mass is 32.2. The van der Waals surface area contributed by atoms with Crippen molar-refractivity contribution in [3.8, 4) is 0 Å². The summed E-state index contributed by atoms with van der Waals surface area (Å²) in [7, 11) is -23.6. The maximum atomic E-state index is 12.8. The fourth-order valence-corrected chi connectivity index (χ4v) is 12.9. The number of methoxy groups -OCH3 is 1. The molecule has 2 unspecified atom stereocenters. The van der Waals surface area contributed by atoms with Gasteiger partial charge in [0, 0.05) is 72.5 Å². The number of nitrogens with zero attached hydrogens (tertiary/aromatic N) is 2. The highest BCUT2D eigenvalue weighted by Crippen LogP contribution is 2.54. The molecule has 2 aliphatic heterocycles. The molecule has 74 heavy (non-hydrogen) atoms. The van der Waals surface area contributed by atoms with Gasteiger partial charge in [-0.15, -0.1) is 5.06 Å². The molecule has 6 rings (SSSR count). The van der Waals surface area contributed by atoms with Crippen LogP contribution < -0.4 is 4.90 Å². The van der Waals surface area contributed by atoms with Crippen molar-refractivity contribution < 1.29 is 88.8 Å². The second kappa shape index (κ2) is 21.3. The quantitative estimate of drug-likeness (QED) is 0.0253. The SMILES string of the molecule is C=C(/C=C/C=C1/N(CCCCCC(=O)ON2C(=O)CCC2=O)c2ccc3c(S(=O)(=O)O)cc(S(=O)(=O)O)cc3c2C1(C)CCCS(=O)(=O)O)C(C)(CCOC)c1c(C)ccc2c(S(=O)(=O)O)cc(S(=O)(=O)O)cc12. The second-order valence-corrected chi connectivity index (χ2v) is 25.6. The fourth-order valence-electron chi connectivity index (χ4n) is 9.75. The van der Waals surface area contributed by atoms with Gasteiger partial charge in [0.25, 0.3) is 62.4 Å². The Labute approximate surface area is 428 Å². The molecule has 0 radical (unpaired) electrons. The molecule has 0 saturated carbocycles. The number of unbranched alkanes of at least 4 members (excludes halogenated alkanes) is 2. The summed E-state index contributed by atoms with van der Waals surface area (Å²) >= 11 is 0. The summed E-state index contributed by atoms with van der Waals surface area (Å²) in [5.74, 6) is -2.89. The Morgan fingerprint density at radius 1 is 0.757 bits per heavy atom. The fraction of sp³-hybridized carbons (Fsp3) is 0.383. The van der Waals surface area contributed by atoms with Gasteiger partial charge < -0.3 is 14.5 Å². The van der Waals surface area contributed by atoms with E-state index in [9.17, 15) is 79.2 Å². The third kappa shape index (κ3) is 12.3. The topological polar surface area (TPSA) is 348 Å². The van der Waals surface area contributed by atoms with Crippen LogP contribution in [0.25, 0.3) is 21.5 Å². The summed E-state index contributed by atoms with van der Waals surface area (Å²) in [6.07, 6.45) is 4.96. The Balaban J connectivity index is 1.53. The second-order valence-electron chi connectivity index (χ2n) is 18.4. The van der Waals surface area contributed by atoms with Crippen LogP contribution in [-0.4, -0.2) is 114 Å². The van der Waals surface area contributed by atoms with Gasteiger partial charge in [-0.05, 0) is 115 Å². The lowest BCUT2D eigenvalue weighted by atomic mass is 9.70. The predicted molar refractivity (Wildman–Crippen MR) is 268 cm³/mol. The van der Waals surface area contributed by atoms with Crippen molar-refractivity contribution in [1.82, 2.24) is 5.06 Å². The van der Waals surface area contributed by atoms with E-state index < -0.39 is 105 Å². The van der Waals surface area contributed by atoms with Crippen LogP contribution in [0.15, 0.2) is 104 Å². The first-order chi connectivity index (χ1) is 34.1. The first kappa shape index (κ1) is 57.8. The minimum atomic E-state index is -5.18. The number of fused-ring (bicyclic) bond motifs is 4. The Hall–Kier alpha value is -5.46. The minimum Gasteiger partial charge on any atom is -0.385 e. The number of allylic oxidation sites excluding steroid dienone is 5. The maximum Gasteiger partial charge on any atom is 0.333 e. The number of anilines is 1. The number of aryl methyl sites for hydroxylation is 1. The van der Waals surface area contributed by atoms with Gasteiger partial charge in [-0.2, -0.15) is 42.1 Å². The summed E-state index contributed by atoms with van der Waals surface area (Å²) in [6.45, 7) is 9.57. The summed E-state index contributed by atoms with van der Waals surface area (Å²) in [6, 6.07) is 9.02. The number of imide groups is 1. The zero-order valence-corrected chi connectivity index (χ0v) is 44.4. The number of rotatable bonds is 22. The van der Waals surface area contributed by atoms with Gasteiger partial charge in [0.05, 0.1) is 15.5 Å². The van der Waals surface area contributed by atoms with E-state index in [-0.39, 0.29) is 85.2 Å². The van der Waals surface area contributed by atoms with E-state index in [1.807, 2.05) is 0 Å². The lowest BCUT2D eigenvalue weighted by Gasteiger charge is -2.34. The first-order valence-electron chi connectivity index (χ1n) is 22.6. The highest BCUT2D eigenvalue weighted by Gasteiger charge is 2.45.